The molecule has 0 spiro atoms. The van der Waals surface area contributed by atoms with E-state index in [0.717, 1.165) is 25.7 Å². The van der Waals surface area contributed by atoms with Crippen molar-refractivity contribution in [1.82, 2.24) is 4.72 Å². The van der Waals surface area contributed by atoms with E-state index in [9.17, 15) is 8.42 Å². The fraction of sp³-hybridized carbons (Fsp3) is 1.00. The quantitative estimate of drug-likeness (QED) is 0.685. The molecule has 0 saturated heterocycles. The highest BCUT2D eigenvalue weighted by atomic mass is 32.2. The molecule has 0 radical (unpaired) electrons. The van der Waals surface area contributed by atoms with Crippen LogP contribution in [0.25, 0.3) is 0 Å². The minimum Gasteiger partial charge on any atom is -0.328 e. The molecule has 1 rings (SSSR count). The molecule has 5 heteroatoms. The molecule has 4 nitrogen and oxygen atoms in total. The first-order valence-electron chi connectivity index (χ1n) is 4.70. The Labute approximate surface area is 79.9 Å². The Morgan fingerprint density at radius 2 is 2.15 bits per heavy atom. The summed E-state index contributed by atoms with van der Waals surface area (Å²) >= 11 is 0. The zero-order chi connectivity index (χ0) is 9.90. The topological polar surface area (TPSA) is 72.2 Å². The normalized spacial score (nSPS) is 30.3. The van der Waals surface area contributed by atoms with Crippen LogP contribution >= 0.6 is 0 Å². The predicted molar refractivity (Wildman–Crippen MR) is 52.8 cm³/mol. The van der Waals surface area contributed by atoms with Gasteiger partial charge in [0, 0.05) is 6.04 Å². The van der Waals surface area contributed by atoms with E-state index in [0.29, 0.717) is 0 Å². The highest BCUT2D eigenvalue weighted by molar-refractivity contribution is 7.89. The third-order valence-corrected chi connectivity index (χ3v) is 4.12. The number of nitrogens with one attached hydrogen (secondary N) is 1. The maximum Gasteiger partial charge on any atom is 0.211 e. The summed E-state index contributed by atoms with van der Waals surface area (Å²) in [6.07, 6.45) is 3.94. The first-order valence-corrected chi connectivity index (χ1v) is 6.35. The molecule has 1 aliphatic rings. The van der Waals surface area contributed by atoms with Crippen LogP contribution in [0.4, 0.5) is 0 Å². The van der Waals surface area contributed by atoms with Gasteiger partial charge in [-0.2, -0.15) is 0 Å². The van der Waals surface area contributed by atoms with Crippen LogP contribution in [-0.4, -0.2) is 27.3 Å². The van der Waals surface area contributed by atoms with Crippen molar-refractivity contribution in [3.05, 3.63) is 0 Å². The molecule has 0 aliphatic heterocycles. The highest BCUT2D eigenvalue weighted by Gasteiger charge is 2.23. The summed E-state index contributed by atoms with van der Waals surface area (Å²) in [7, 11) is -1.59. The first kappa shape index (κ1) is 10.9. The van der Waals surface area contributed by atoms with E-state index in [1.807, 2.05) is 0 Å². The van der Waals surface area contributed by atoms with Gasteiger partial charge in [0.05, 0.1) is 5.75 Å². The van der Waals surface area contributed by atoms with Crippen LogP contribution < -0.4 is 10.5 Å². The number of rotatable bonds is 3. The number of hydrogen-bond acceptors (Lipinski definition) is 3. The molecule has 2 atom stereocenters. The van der Waals surface area contributed by atoms with E-state index in [1.165, 1.54) is 7.05 Å². The standard InChI is InChI=1S/C8H18N2O2S/c1-10-13(11,12)6-7-3-2-4-8(9)5-7/h7-8,10H,2-6,9H2,1H3. The summed E-state index contributed by atoms with van der Waals surface area (Å²) in [5.74, 6) is 0.484. The zero-order valence-corrected chi connectivity index (χ0v) is 8.81. The Balaban J connectivity index is 2.45. The molecule has 2 unspecified atom stereocenters. The summed E-state index contributed by atoms with van der Waals surface area (Å²) in [4.78, 5) is 0. The van der Waals surface area contributed by atoms with Gasteiger partial charge in [-0.3, -0.25) is 0 Å². The van der Waals surface area contributed by atoms with Crippen molar-refractivity contribution in [1.29, 1.82) is 0 Å². The average Bonchev–Trinajstić information content (AvgIpc) is 2.03. The van der Waals surface area contributed by atoms with E-state index >= 15 is 0 Å². The van der Waals surface area contributed by atoms with Gasteiger partial charge in [-0.15, -0.1) is 0 Å². The van der Waals surface area contributed by atoms with Crippen molar-refractivity contribution in [2.75, 3.05) is 12.8 Å². The molecular weight excluding hydrogens is 188 g/mol. The fourth-order valence-electron chi connectivity index (χ4n) is 1.88. The van der Waals surface area contributed by atoms with Gasteiger partial charge in [0.25, 0.3) is 0 Å². The largest absolute Gasteiger partial charge is 0.328 e. The van der Waals surface area contributed by atoms with Gasteiger partial charge in [-0.25, -0.2) is 13.1 Å². The van der Waals surface area contributed by atoms with Gasteiger partial charge in [-0.1, -0.05) is 6.42 Å². The molecule has 0 heterocycles. The Hall–Kier alpha value is -0.130. The van der Waals surface area contributed by atoms with Crippen LogP contribution in [0.5, 0.6) is 0 Å². The van der Waals surface area contributed by atoms with Gasteiger partial charge in [-0.05, 0) is 32.2 Å². The number of sulfonamides is 1. The van der Waals surface area contributed by atoms with Crippen molar-refractivity contribution in [2.24, 2.45) is 11.7 Å². The summed E-state index contributed by atoms with van der Waals surface area (Å²) in [5, 5.41) is 0. The van der Waals surface area contributed by atoms with Crippen molar-refractivity contribution >= 4 is 10.0 Å². The molecule has 78 valence electrons. The highest BCUT2D eigenvalue weighted by Crippen LogP contribution is 2.23. The summed E-state index contributed by atoms with van der Waals surface area (Å²) < 4.78 is 24.8. The predicted octanol–water partition coefficient (Wildman–Crippen LogP) is 0.0531. The van der Waals surface area contributed by atoms with Gasteiger partial charge >= 0.3 is 0 Å². The fourth-order valence-corrected chi connectivity index (χ4v) is 2.97. The lowest BCUT2D eigenvalue weighted by molar-refractivity contribution is 0.344. The molecule has 3 N–H and O–H groups in total. The summed E-state index contributed by atoms with van der Waals surface area (Å²) in [6, 6.07) is 0.200. The van der Waals surface area contributed by atoms with Gasteiger partial charge in [0.2, 0.25) is 10.0 Å². The molecule has 0 aromatic rings. The van der Waals surface area contributed by atoms with Crippen molar-refractivity contribution < 1.29 is 8.42 Å². The van der Waals surface area contributed by atoms with Crippen LogP contribution in [0.1, 0.15) is 25.7 Å². The van der Waals surface area contributed by atoms with Gasteiger partial charge in [0.15, 0.2) is 0 Å². The Morgan fingerprint density at radius 1 is 1.46 bits per heavy atom. The first-order chi connectivity index (χ1) is 6.03. The SMILES string of the molecule is CNS(=O)(=O)CC1CCCC(N)C1. The minimum atomic E-state index is -3.05. The van der Waals surface area contributed by atoms with Crippen LogP contribution in [0.3, 0.4) is 0 Å². The molecule has 1 aliphatic carbocycles. The third kappa shape index (κ3) is 3.62. The molecule has 0 aromatic carbocycles. The van der Waals surface area contributed by atoms with Crippen LogP contribution in [-0.2, 0) is 10.0 Å². The molecule has 0 bridgehead atoms. The van der Waals surface area contributed by atoms with E-state index in [1.54, 1.807) is 0 Å². The molecular formula is C8H18N2O2S. The Bertz CT molecular complexity index is 251. The summed E-state index contributed by atoms with van der Waals surface area (Å²) in [5.41, 5.74) is 5.77. The van der Waals surface area contributed by atoms with Crippen LogP contribution in [0, 0.1) is 5.92 Å². The van der Waals surface area contributed by atoms with E-state index < -0.39 is 10.0 Å². The second kappa shape index (κ2) is 4.39. The maximum absolute atomic E-state index is 11.2. The molecule has 0 aromatic heterocycles. The van der Waals surface area contributed by atoms with Crippen molar-refractivity contribution in [3.63, 3.8) is 0 Å². The van der Waals surface area contributed by atoms with Gasteiger partial charge < -0.3 is 5.73 Å². The third-order valence-electron chi connectivity index (χ3n) is 2.59. The summed E-state index contributed by atoms with van der Waals surface area (Å²) in [6.45, 7) is 0. The number of hydrogen-bond donors (Lipinski definition) is 2. The molecule has 13 heavy (non-hydrogen) atoms. The molecule has 0 amide bonds. The van der Waals surface area contributed by atoms with Crippen molar-refractivity contribution in [2.45, 2.75) is 31.7 Å². The number of nitrogens with two attached hydrogens (primary N) is 1. The minimum absolute atomic E-state index is 0.200. The smallest absolute Gasteiger partial charge is 0.211 e. The average molecular weight is 206 g/mol. The van der Waals surface area contributed by atoms with E-state index in [-0.39, 0.29) is 17.7 Å². The lowest BCUT2D eigenvalue weighted by Gasteiger charge is -2.25. The van der Waals surface area contributed by atoms with Gasteiger partial charge in [0.1, 0.15) is 0 Å². The maximum atomic E-state index is 11.2. The molecule has 1 saturated carbocycles. The second-order valence-corrected chi connectivity index (χ2v) is 5.75. The Morgan fingerprint density at radius 3 is 2.69 bits per heavy atom. The van der Waals surface area contributed by atoms with Crippen molar-refractivity contribution in [3.8, 4) is 0 Å². The second-order valence-electron chi connectivity index (χ2n) is 3.78. The van der Waals surface area contributed by atoms with E-state index in [2.05, 4.69) is 4.72 Å². The van der Waals surface area contributed by atoms with Crippen LogP contribution in [0.2, 0.25) is 0 Å². The molecule has 1 fully saturated rings. The Kier molecular flexibility index (Phi) is 3.70. The van der Waals surface area contributed by atoms with Crippen LogP contribution in [0.15, 0.2) is 0 Å². The van der Waals surface area contributed by atoms with E-state index in [4.69, 9.17) is 5.73 Å². The lowest BCUT2D eigenvalue weighted by Crippen LogP contribution is -2.34. The monoisotopic (exact) mass is 206 g/mol. The zero-order valence-electron chi connectivity index (χ0n) is 7.99. The lowest BCUT2D eigenvalue weighted by atomic mass is 9.87.